The van der Waals surface area contributed by atoms with Crippen LogP contribution in [0.5, 0.6) is 0 Å². The molecular formula is C12H18ClN3O2S. The second kappa shape index (κ2) is 4.45. The first-order chi connectivity index (χ1) is 8.86. The van der Waals surface area contributed by atoms with Crippen LogP contribution in [-0.2, 0) is 15.6 Å². The van der Waals surface area contributed by atoms with Gasteiger partial charge in [-0.15, -0.1) is 10.2 Å². The second-order valence-electron chi connectivity index (χ2n) is 6.21. The fourth-order valence-electron chi connectivity index (χ4n) is 3.24. The van der Waals surface area contributed by atoms with Crippen molar-refractivity contribution in [2.75, 3.05) is 0 Å². The van der Waals surface area contributed by atoms with Gasteiger partial charge in [0.2, 0.25) is 0 Å². The summed E-state index contributed by atoms with van der Waals surface area (Å²) in [5, 5.41) is 7.84. The molecule has 5 nitrogen and oxygen atoms in total. The molecule has 1 heterocycles. The van der Waals surface area contributed by atoms with Gasteiger partial charge in [0.15, 0.2) is 0 Å². The third-order valence-electron chi connectivity index (χ3n) is 4.12. The molecule has 0 saturated heterocycles. The third kappa shape index (κ3) is 2.52. The molecular weight excluding hydrogens is 286 g/mol. The summed E-state index contributed by atoms with van der Waals surface area (Å²) in [6.45, 7) is 4.68. The van der Waals surface area contributed by atoms with Crippen molar-refractivity contribution >= 4 is 19.7 Å². The van der Waals surface area contributed by atoms with Crippen LogP contribution in [0.25, 0.3) is 0 Å². The highest BCUT2D eigenvalue weighted by molar-refractivity contribution is 8.13. The SMILES string of the molecule is CC(C)Cn1c(C2CC3CC3C2)nnc1S(=O)(=O)Cl. The fourth-order valence-corrected chi connectivity index (χ4v) is 4.16. The largest absolute Gasteiger partial charge is 0.300 e. The van der Waals surface area contributed by atoms with Crippen LogP contribution in [0.1, 0.15) is 44.9 Å². The van der Waals surface area contributed by atoms with E-state index in [2.05, 4.69) is 10.2 Å². The Morgan fingerprint density at radius 1 is 1.26 bits per heavy atom. The third-order valence-corrected chi connectivity index (χ3v) is 5.27. The normalized spacial score (nSPS) is 29.8. The first-order valence-corrected chi connectivity index (χ1v) is 9.05. The molecule has 2 atom stereocenters. The van der Waals surface area contributed by atoms with E-state index in [1.807, 2.05) is 13.8 Å². The van der Waals surface area contributed by atoms with Gasteiger partial charge in [-0.25, -0.2) is 8.42 Å². The van der Waals surface area contributed by atoms with E-state index in [0.717, 1.165) is 30.5 Å². The minimum absolute atomic E-state index is 0.0987. The van der Waals surface area contributed by atoms with Crippen LogP contribution in [0, 0.1) is 17.8 Å². The Bertz CT molecular complexity index is 586. The number of rotatable bonds is 4. The number of halogens is 1. The van der Waals surface area contributed by atoms with Crippen LogP contribution in [-0.4, -0.2) is 23.2 Å². The fraction of sp³-hybridized carbons (Fsp3) is 0.833. The molecule has 0 radical (unpaired) electrons. The summed E-state index contributed by atoms with van der Waals surface area (Å²) in [4.78, 5) is 0. The molecule has 2 fully saturated rings. The number of hydrogen-bond donors (Lipinski definition) is 0. The van der Waals surface area contributed by atoms with Crippen molar-refractivity contribution in [2.24, 2.45) is 17.8 Å². The van der Waals surface area contributed by atoms with Gasteiger partial charge in [0, 0.05) is 23.1 Å². The van der Waals surface area contributed by atoms with Gasteiger partial charge in [-0.2, -0.15) is 0 Å². The highest BCUT2D eigenvalue weighted by atomic mass is 35.7. The first kappa shape index (κ1) is 13.4. The second-order valence-corrected chi connectivity index (χ2v) is 8.67. The summed E-state index contributed by atoms with van der Waals surface area (Å²) in [6.07, 6.45) is 3.56. The van der Waals surface area contributed by atoms with Crippen molar-refractivity contribution in [3.63, 3.8) is 0 Å². The summed E-state index contributed by atoms with van der Waals surface area (Å²) in [7, 11) is 1.62. The molecule has 0 aromatic carbocycles. The van der Waals surface area contributed by atoms with E-state index in [-0.39, 0.29) is 5.16 Å². The minimum Gasteiger partial charge on any atom is -0.300 e. The van der Waals surface area contributed by atoms with Crippen LogP contribution < -0.4 is 0 Å². The van der Waals surface area contributed by atoms with Crippen LogP contribution in [0.4, 0.5) is 0 Å². The Morgan fingerprint density at radius 2 is 1.89 bits per heavy atom. The van der Waals surface area contributed by atoms with Crippen LogP contribution in [0.3, 0.4) is 0 Å². The van der Waals surface area contributed by atoms with Gasteiger partial charge in [0.05, 0.1) is 0 Å². The van der Waals surface area contributed by atoms with E-state index in [4.69, 9.17) is 10.7 Å². The Morgan fingerprint density at radius 3 is 2.42 bits per heavy atom. The molecule has 2 aliphatic carbocycles. The number of hydrogen-bond acceptors (Lipinski definition) is 4. The van der Waals surface area contributed by atoms with Crippen LogP contribution >= 0.6 is 10.7 Å². The van der Waals surface area contributed by atoms with E-state index in [9.17, 15) is 8.42 Å². The van der Waals surface area contributed by atoms with Gasteiger partial charge in [-0.05, 0) is 37.0 Å². The smallest absolute Gasteiger partial charge is 0.296 e. The topological polar surface area (TPSA) is 64.8 Å². The minimum atomic E-state index is -3.83. The average molecular weight is 304 g/mol. The van der Waals surface area contributed by atoms with Crippen molar-refractivity contribution in [1.29, 1.82) is 0 Å². The van der Waals surface area contributed by atoms with E-state index >= 15 is 0 Å². The maximum atomic E-state index is 11.6. The van der Waals surface area contributed by atoms with Crippen molar-refractivity contribution in [2.45, 2.75) is 50.7 Å². The van der Waals surface area contributed by atoms with Crippen LogP contribution in [0.15, 0.2) is 5.16 Å². The molecule has 0 aliphatic heterocycles. The van der Waals surface area contributed by atoms with Gasteiger partial charge in [-0.1, -0.05) is 13.8 Å². The Labute approximate surface area is 117 Å². The lowest BCUT2D eigenvalue weighted by Crippen LogP contribution is -2.15. The van der Waals surface area contributed by atoms with Gasteiger partial charge in [-0.3, -0.25) is 0 Å². The molecule has 7 heteroatoms. The Balaban J connectivity index is 1.97. The lowest BCUT2D eigenvalue weighted by Gasteiger charge is -2.15. The highest BCUT2D eigenvalue weighted by Crippen LogP contribution is 2.57. The number of fused-ring (bicyclic) bond motifs is 1. The lowest BCUT2D eigenvalue weighted by molar-refractivity contribution is 0.449. The summed E-state index contributed by atoms with van der Waals surface area (Å²) in [5.41, 5.74) is 0. The standard InChI is InChI=1S/C12H18ClN3O2S/c1-7(2)6-16-11(10-4-8-3-9(8)5-10)14-15-12(16)19(13,17)18/h7-10H,3-6H2,1-2H3. The molecule has 19 heavy (non-hydrogen) atoms. The molecule has 0 amide bonds. The average Bonchev–Trinajstić information content (AvgIpc) is 2.73. The molecule has 2 unspecified atom stereocenters. The predicted molar refractivity (Wildman–Crippen MR) is 71.5 cm³/mol. The molecule has 0 spiro atoms. The van der Waals surface area contributed by atoms with Crippen molar-refractivity contribution < 1.29 is 8.42 Å². The van der Waals surface area contributed by atoms with Crippen LogP contribution in [0.2, 0.25) is 0 Å². The van der Waals surface area contributed by atoms with Crippen molar-refractivity contribution in [1.82, 2.24) is 14.8 Å². The van der Waals surface area contributed by atoms with Gasteiger partial charge < -0.3 is 4.57 Å². The maximum absolute atomic E-state index is 11.6. The summed E-state index contributed by atoms with van der Waals surface area (Å²) >= 11 is 0. The zero-order valence-electron chi connectivity index (χ0n) is 11.1. The Kier molecular flexibility index (Phi) is 3.13. The zero-order valence-corrected chi connectivity index (χ0v) is 12.7. The Hall–Kier alpha value is -0.620. The van der Waals surface area contributed by atoms with Gasteiger partial charge in [0.1, 0.15) is 5.82 Å². The van der Waals surface area contributed by atoms with E-state index in [1.54, 1.807) is 4.57 Å². The molecule has 106 valence electrons. The molecule has 2 saturated carbocycles. The molecule has 2 aliphatic rings. The van der Waals surface area contributed by atoms with Crippen molar-refractivity contribution in [3.8, 4) is 0 Å². The van der Waals surface area contributed by atoms with Gasteiger partial charge in [0.25, 0.3) is 14.2 Å². The summed E-state index contributed by atoms with van der Waals surface area (Å²) in [5.74, 6) is 3.13. The van der Waals surface area contributed by atoms with E-state index in [0.29, 0.717) is 18.4 Å². The molecule has 3 rings (SSSR count). The summed E-state index contributed by atoms with van der Waals surface area (Å²) < 4.78 is 24.9. The van der Waals surface area contributed by atoms with E-state index in [1.165, 1.54) is 6.42 Å². The molecule has 1 aromatic rings. The molecule has 0 bridgehead atoms. The highest BCUT2D eigenvalue weighted by Gasteiger charge is 2.48. The quantitative estimate of drug-likeness (QED) is 0.801. The number of aromatic nitrogens is 3. The number of nitrogens with zero attached hydrogens (tertiary/aromatic N) is 3. The van der Waals surface area contributed by atoms with Gasteiger partial charge >= 0.3 is 0 Å². The molecule has 1 aromatic heterocycles. The maximum Gasteiger partial charge on any atom is 0.296 e. The predicted octanol–water partition coefficient (Wildman–Crippen LogP) is 2.38. The molecule has 0 N–H and O–H groups in total. The van der Waals surface area contributed by atoms with Crippen molar-refractivity contribution in [3.05, 3.63) is 5.82 Å². The zero-order chi connectivity index (χ0) is 13.8. The van der Waals surface area contributed by atoms with E-state index < -0.39 is 9.05 Å². The monoisotopic (exact) mass is 303 g/mol. The lowest BCUT2D eigenvalue weighted by atomic mass is 10.0. The first-order valence-electron chi connectivity index (χ1n) is 6.74. The summed E-state index contributed by atoms with van der Waals surface area (Å²) in [6, 6.07) is 0.